The van der Waals surface area contributed by atoms with E-state index >= 15 is 0 Å². The lowest BCUT2D eigenvalue weighted by Gasteiger charge is -2.35. The molecule has 1 aliphatic rings. The SMILES string of the molecule is CCc1ccc(C(C)N2CCC2)s1. The number of likely N-dealkylation sites (tertiary alicyclic amines) is 1. The Balaban J connectivity index is 2.05. The van der Waals surface area contributed by atoms with Crippen molar-refractivity contribution < 1.29 is 0 Å². The molecule has 0 radical (unpaired) electrons. The van der Waals surface area contributed by atoms with E-state index in [9.17, 15) is 0 Å². The van der Waals surface area contributed by atoms with Crippen molar-refractivity contribution in [3.05, 3.63) is 21.9 Å². The smallest absolute Gasteiger partial charge is 0.0413 e. The zero-order valence-electron chi connectivity index (χ0n) is 8.42. The summed E-state index contributed by atoms with van der Waals surface area (Å²) >= 11 is 1.98. The zero-order valence-corrected chi connectivity index (χ0v) is 9.23. The van der Waals surface area contributed by atoms with Gasteiger partial charge in [-0.2, -0.15) is 0 Å². The molecule has 2 rings (SSSR count). The molecule has 1 unspecified atom stereocenters. The molecule has 0 aliphatic carbocycles. The lowest BCUT2D eigenvalue weighted by molar-refractivity contribution is 0.131. The van der Waals surface area contributed by atoms with Crippen LogP contribution in [-0.4, -0.2) is 18.0 Å². The van der Waals surface area contributed by atoms with E-state index < -0.39 is 0 Å². The third-order valence-electron chi connectivity index (χ3n) is 2.88. The van der Waals surface area contributed by atoms with E-state index in [4.69, 9.17) is 0 Å². The molecule has 2 heteroatoms. The van der Waals surface area contributed by atoms with Crippen LogP contribution in [0.4, 0.5) is 0 Å². The Morgan fingerprint density at radius 1 is 1.46 bits per heavy atom. The van der Waals surface area contributed by atoms with E-state index in [2.05, 4.69) is 30.9 Å². The Labute approximate surface area is 84.4 Å². The van der Waals surface area contributed by atoms with Crippen LogP contribution in [0.25, 0.3) is 0 Å². The van der Waals surface area contributed by atoms with Crippen LogP contribution in [0.15, 0.2) is 12.1 Å². The van der Waals surface area contributed by atoms with Crippen molar-refractivity contribution in [1.82, 2.24) is 4.90 Å². The van der Waals surface area contributed by atoms with Crippen molar-refractivity contribution in [2.24, 2.45) is 0 Å². The first kappa shape index (κ1) is 9.22. The van der Waals surface area contributed by atoms with Crippen molar-refractivity contribution >= 4 is 11.3 Å². The van der Waals surface area contributed by atoms with Crippen LogP contribution in [0, 0.1) is 0 Å². The van der Waals surface area contributed by atoms with Crippen molar-refractivity contribution in [3.8, 4) is 0 Å². The van der Waals surface area contributed by atoms with Gasteiger partial charge in [-0.05, 0) is 45.0 Å². The first-order chi connectivity index (χ1) is 6.31. The molecule has 0 bridgehead atoms. The molecular formula is C11H17NS. The quantitative estimate of drug-likeness (QED) is 0.716. The van der Waals surface area contributed by atoms with Crippen LogP contribution in [0.5, 0.6) is 0 Å². The monoisotopic (exact) mass is 195 g/mol. The maximum absolute atomic E-state index is 2.55. The molecule has 1 saturated heterocycles. The van der Waals surface area contributed by atoms with Gasteiger partial charge < -0.3 is 0 Å². The molecule has 0 amide bonds. The fraction of sp³-hybridized carbons (Fsp3) is 0.636. The van der Waals surface area contributed by atoms with E-state index in [-0.39, 0.29) is 0 Å². The van der Waals surface area contributed by atoms with E-state index in [1.165, 1.54) is 35.7 Å². The Morgan fingerprint density at radius 2 is 2.23 bits per heavy atom. The second-order valence-electron chi connectivity index (χ2n) is 3.72. The molecule has 13 heavy (non-hydrogen) atoms. The fourth-order valence-electron chi connectivity index (χ4n) is 1.72. The minimum atomic E-state index is 0.652. The number of hydrogen-bond acceptors (Lipinski definition) is 2. The number of hydrogen-bond donors (Lipinski definition) is 0. The third kappa shape index (κ3) is 1.79. The van der Waals surface area contributed by atoms with Crippen molar-refractivity contribution in [2.75, 3.05) is 13.1 Å². The summed E-state index contributed by atoms with van der Waals surface area (Å²) in [5.74, 6) is 0. The molecule has 1 nitrogen and oxygen atoms in total. The summed E-state index contributed by atoms with van der Waals surface area (Å²) in [6, 6.07) is 5.22. The maximum atomic E-state index is 2.55. The maximum Gasteiger partial charge on any atom is 0.0413 e. The number of rotatable bonds is 3. The first-order valence-electron chi connectivity index (χ1n) is 5.14. The van der Waals surface area contributed by atoms with Gasteiger partial charge in [0, 0.05) is 15.8 Å². The predicted octanol–water partition coefficient (Wildman–Crippen LogP) is 3.08. The highest BCUT2D eigenvalue weighted by molar-refractivity contribution is 7.12. The summed E-state index contributed by atoms with van der Waals surface area (Å²) in [7, 11) is 0. The van der Waals surface area contributed by atoms with Gasteiger partial charge in [0.25, 0.3) is 0 Å². The molecule has 0 N–H and O–H groups in total. The van der Waals surface area contributed by atoms with E-state index in [1.54, 1.807) is 0 Å². The van der Waals surface area contributed by atoms with Gasteiger partial charge in [-0.3, -0.25) is 4.90 Å². The van der Waals surface area contributed by atoms with E-state index in [0.29, 0.717) is 6.04 Å². The van der Waals surface area contributed by atoms with Gasteiger partial charge in [0.2, 0.25) is 0 Å². The molecule has 2 heterocycles. The molecule has 1 aliphatic heterocycles. The van der Waals surface area contributed by atoms with Crippen LogP contribution >= 0.6 is 11.3 Å². The highest BCUT2D eigenvalue weighted by Gasteiger charge is 2.22. The van der Waals surface area contributed by atoms with Crippen molar-refractivity contribution in [1.29, 1.82) is 0 Å². The normalized spacial score (nSPS) is 19.8. The van der Waals surface area contributed by atoms with Gasteiger partial charge in [0.1, 0.15) is 0 Å². The molecule has 0 spiro atoms. The lowest BCUT2D eigenvalue weighted by Crippen LogP contribution is -2.38. The number of aryl methyl sites for hydroxylation is 1. The first-order valence-corrected chi connectivity index (χ1v) is 5.95. The van der Waals surface area contributed by atoms with E-state index in [0.717, 1.165) is 0 Å². The Hall–Kier alpha value is -0.340. The minimum Gasteiger partial charge on any atom is -0.296 e. The summed E-state index contributed by atoms with van der Waals surface area (Å²) in [6.07, 6.45) is 2.56. The van der Waals surface area contributed by atoms with Crippen LogP contribution in [0.3, 0.4) is 0 Å². The summed E-state index contributed by atoms with van der Waals surface area (Å²) < 4.78 is 0. The molecule has 72 valence electrons. The highest BCUT2D eigenvalue weighted by atomic mass is 32.1. The molecular weight excluding hydrogens is 178 g/mol. The Kier molecular flexibility index (Phi) is 2.70. The second-order valence-corrected chi connectivity index (χ2v) is 4.92. The standard InChI is InChI=1S/C11H17NS/c1-3-10-5-6-11(13-10)9(2)12-7-4-8-12/h5-6,9H,3-4,7-8H2,1-2H3. The van der Waals surface area contributed by atoms with Gasteiger partial charge in [-0.1, -0.05) is 6.92 Å². The highest BCUT2D eigenvalue weighted by Crippen LogP contribution is 2.30. The average Bonchev–Trinajstić information content (AvgIpc) is 2.48. The predicted molar refractivity (Wildman–Crippen MR) is 58.3 cm³/mol. The van der Waals surface area contributed by atoms with Gasteiger partial charge >= 0.3 is 0 Å². The number of thiophene rings is 1. The molecule has 1 aromatic rings. The number of nitrogens with zero attached hydrogens (tertiary/aromatic N) is 1. The third-order valence-corrected chi connectivity index (χ3v) is 4.28. The van der Waals surface area contributed by atoms with Crippen LogP contribution < -0.4 is 0 Å². The summed E-state index contributed by atoms with van der Waals surface area (Å²) in [5, 5.41) is 0. The summed E-state index contributed by atoms with van der Waals surface area (Å²) in [6.45, 7) is 7.13. The molecule has 0 saturated carbocycles. The van der Waals surface area contributed by atoms with E-state index in [1.807, 2.05) is 11.3 Å². The molecule has 1 aromatic heterocycles. The van der Waals surface area contributed by atoms with Gasteiger partial charge in [0.15, 0.2) is 0 Å². The van der Waals surface area contributed by atoms with Crippen molar-refractivity contribution in [3.63, 3.8) is 0 Å². The Bertz CT molecular complexity index is 275. The van der Waals surface area contributed by atoms with Crippen LogP contribution in [0.2, 0.25) is 0 Å². The molecule has 1 atom stereocenters. The van der Waals surface area contributed by atoms with Crippen LogP contribution in [-0.2, 0) is 6.42 Å². The van der Waals surface area contributed by atoms with Gasteiger partial charge in [-0.25, -0.2) is 0 Å². The molecule has 1 fully saturated rings. The minimum absolute atomic E-state index is 0.652. The van der Waals surface area contributed by atoms with Crippen molar-refractivity contribution in [2.45, 2.75) is 32.7 Å². The Morgan fingerprint density at radius 3 is 2.69 bits per heavy atom. The van der Waals surface area contributed by atoms with Gasteiger partial charge in [-0.15, -0.1) is 11.3 Å². The summed E-state index contributed by atoms with van der Waals surface area (Å²) in [5.41, 5.74) is 0. The second kappa shape index (κ2) is 3.81. The zero-order chi connectivity index (χ0) is 9.26. The van der Waals surface area contributed by atoms with Gasteiger partial charge in [0.05, 0.1) is 0 Å². The average molecular weight is 195 g/mol. The van der Waals surface area contributed by atoms with Crippen LogP contribution in [0.1, 0.15) is 36.1 Å². The topological polar surface area (TPSA) is 3.24 Å². The largest absolute Gasteiger partial charge is 0.296 e. The summed E-state index contributed by atoms with van der Waals surface area (Å²) in [4.78, 5) is 5.60. The fourth-order valence-corrected chi connectivity index (χ4v) is 2.76. The lowest BCUT2D eigenvalue weighted by atomic mass is 10.1. The molecule has 0 aromatic carbocycles.